The van der Waals surface area contributed by atoms with Gasteiger partial charge in [-0.25, -0.2) is 9.67 Å². The highest BCUT2D eigenvalue weighted by molar-refractivity contribution is 6.06. The minimum atomic E-state index is -0.202. The Labute approximate surface area is 198 Å². The van der Waals surface area contributed by atoms with Crippen LogP contribution < -0.4 is 0 Å². The zero-order valence-electron chi connectivity index (χ0n) is 19.1. The molecule has 0 radical (unpaired) electrons. The largest absolute Gasteiger partial charge is 0.469 e. The SMILES string of the molecule is COC(=O)C1CCN(C(=O)c2cc(-c3ccccc3)nc3c2cnn3Cc2ccccc2)CC1. The van der Waals surface area contributed by atoms with E-state index in [0.29, 0.717) is 43.7 Å². The first-order chi connectivity index (χ1) is 16.6. The van der Waals surface area contributed by atoms with Crippen LogP contribution in [0.4, 0.5) is 0 Å². The van der Waals surface area contributed by atoms with Gasteiger partial charge in [0, 0.05) is 18.7 Å². The molecule has 4 aromatic rings. The molecule has 1 aliphatic rings. The lowest BCUT2D eigenvalue weighted by Gasteiger charge is -2.31. The number of piperidine rings is 1. The molecule has 7 nitrogen and oxygen atoms in total. The minimum Gasteiger partial charge on any atom is -0.469 e. The van der Waals surface area contributed by atoms with Crippen molar-refractivity contribution in [2.24, 2.45) is 5.92 Å². The van der Waals surface area contributed by atoms with Gasteiger partial charge in [-0.3, -0.25) is 9.59 Å². The highest BCUT2D eigenvalue weighted by Crippen LogP contribution is 2.28. The Morgan fingerprint density at radius 1 is 1.00 bits per heavy atom. The fraction of sp³-hybridized carbons (Fsp3) is 0.259. The summed E-state index contributed by atoms with van der Waals surface area (Å²) in [5.41, 5.74) is 4.04. The molecule has 0 atom stereocenters. The number of fused-ring (bicyclic) bond motifs is 1. The van der Waals surface area contributed by atoms with E-state index in [0.717, 1.165) is 22.2 Å². The topological polar surface area (TPSA) is 77.3 Å². The lowest BCUT2D eigenvalue weighted by atomic mass is 9.96. The Kier molecular flexibility index (Phi) is 6.08. The number of benzene rings is 2. The summed E-state index contributed by atoms with van der Waals surface area (Å²) < 4.78 is 6.73. The summed E-state index contributed by atoms with van der Waals surface area (Å²) >= 11 is 0. The number of methoxy groups -OCH3 is 1. The lowest BCUT2D eigenvalue weighted by molar-refractivity contribution is -0.146. The van der Waals surface area contributed by atoms with Crippen molar-refractivity contribution in [3.8, 4) is 11.3 Å². The Balaban J connectivity index is 1.53. The predicted octanol–water partition coefficient (Wildman–Crippen LogP) is 4.17. The highest BCUT2D eigenvalue weighted by Gasteiger charge is 2.30. The number of aromatic nitrogens is 3. The minimum absolute atomic E-state index is 0.0628. The van der Waals surface area contributed by atoms with Crippen LogP contribution in [0.5, 0.6) is 0 Å². The van der Waals surface area contributed by atoms with Crippen molar-refractivity contribution in [3.63, 3.8) is 0 Å². The standard InChI is InChI=1S/C27H26N4O3/c1-34-27(33)21-12-14-30(15-13-21)26(32)22-16-24(20-10-6-3-7-11-20)29-25-23(22)17-28-31(25)18-19-8-4-2-5-9-19/h2-11,16-17,21H,12-15,18H2,1H3. The molecule has 0 N–H and O–H groups in total. The molecule has 1 aliphatic heterocycles. The number of rotatable bonds is 5. The molecule has 1 saturated heterocycles. The van der Waals surface area contributed by atoms with Crippen molar-refractivity contribution < 1.29 is 14.3 Å². The molecule has 0 spiro atoms. The zero-order chi connectivity index (χ0) is 23.5. The van der Waals surface area contributed by atoms with Crippen molar-refractivity contribution in [2.75, 3.05) is 20.2 Å². The van der Waals surface area contributed by atoms with Crippen LogP contribution in [0, 0.1) is 5.92 Å². The average molecular weight is 455 g/mol. The number of amides is 1. The fourth-order valence-corrected chi connectivity index (χ4v) is 4.51. The molecule has 0 unspecified atom stereocenters. The van der Waals surface area contributed by atoms with Gasteiger partial charge in [-0.05, 0) is 24.5 Å². The molecule has 1 fully saturated rings. The van der Waals surface area contributed by atoms with Crippen molar-refractivity contribution in [1.29, 1.82) is 0 Å². The third-order valence-corrected chi connectivity index (χ3v) is 6.40. The Morgan fingerprint density at radius 2 is 1.68 bits per heavy atom. The summed E-state index contributed by atoms with van der Waals surface area (Å²) in [6.07, 6.45) is 2.94. The predicted molar refractivity (Wildman–Crippen MR) is 129 cm³/mol. The summed E-state index contributed by atoms with van der Waals surface area (Å²) in [6.45, 7) is 1.59. The maximum atomic E-state index is 13.7. The van der Waals surface area contributed by atoms with Gasteiger partial charge >= 0.3 is 5.97 Å². The Bertz CT molecular complexity index is 1310. The smallest absolute Gasteiger partial charge is 0.308 e. The third-order valence-electron chi connectivity index (χ3n) is 6.40. The van der Waals surface area contributed by atoms with Gasteiger partial charge in [0.1, 0.15) is 0 Å². The summed E-state index contributed by atoms with van der Waals surface area (Å²) in [7, 11) is 1.41. The molecular formula is C27H26N4O3. The van der Waals surface area contributed by atoms with E-state index in [2.05, 4.69) is 5.10 Å². The van der Waals surface area contributed by atoms with Gasteiger partial charge in [0.2, 0.25) is 0 Å². The first kappa shape index (κ1) is 21.8. The Morgan fingerprint density at radius 3 is 2.35 bits per heavy atom. The second kappa shape index (κ2) is 9.47. The molecule has 2 aromatic carbocycles. The monoisotopic (exact) mass is 454 g/mol. The number of nitrogens with zero attached hydrogens (tertiary/aromatic N) is 4. The van der Waals surface area contributed by atoms with Gasteiger partial charge < -0.3 is 9.64 Å². The van der Waals surface area contributed by atoms with Gasteiger partial charge in [0.15, 0.2) is 5.65 Å². The van der Waals surface area contributed by atoms with Gasteiger partial charge in [-0.1, -0.05) is 60.7 Å². The normalized spacial score (nSPS) is 14.3. The van der Waals surface area contributed by atoms with Crippen LogP contribution in [0.15, 0.2) is 72.9 Å². The van der Waals surface area contributed by atoms with Crippen LogP contribution in [0.2, 0.25) is 0 Å². The van der Waals surface area contributed by atoms with Crippen LogP contribution >= 0.6 is 0 Å². The molecule has 0 saturated carbocycles. The number of ether oxygens (including phenoxy) is 1. The van der Waals surface area contributed by atoms with Crippen molar-refractivity contribution >= 4 is 22.9 Å². The number of hydrogen-bond donors (Lipinski definition) is 0. The van der Waals surface area contributed by atoms with E-state index < -0.39 is 0 Å². The van der Waals surface area contributed by atoms with E-state index in [1.54, 1.807) is 6.20 Å². The molecule has 34 heavy (non-hydrogen) atoms. The van der Waals surface area contributed by atoms with Crippen LogP contribution in [0.1, 0.15) is 28.8 Å². The third kappa shape index (κ3) is 4.29. The Hall–Kier alpha value is -4.00. The number of esters is 1. The zero-order valence-corrected chi connectivity index (χ0v) is 19.1. The van der Waals surface area contributed by atoms with Crippen LogP contribution in [0.25, 0.3) is 22.3 Å². The fourth-order valence-electron chi connectivity index (χ4n) is 4.51. The molecule has 3 heterocycles. The van der Waals surface area contributed by atoms with E-state index >= 15 is 0 Å². The van der Waals surface area contributed by atoms with Crippen LogP contribution in [0.3, 0.4) is 0 Å². The van der Waals surface area contributed by atoms with Gasteiger partial charge in [-0.15, -0.1) is 0 Å². The van der Waals surface area contributed by atoms with Crippen molar-refractivity contribution in [1.82, 2.24) is 19.7 Å². The second-order valence-electron chi connectivity index (χ2n) is 8.54. The maximum Gasteiger partial charge on any atom is 0.308 e. The lowest BCUT2D eigenvalue weighted by Crippen LogP contribution is -2.40. The van der Waals surface area contributed by atoms with Crippen LogP contribution in [-0.2, 0) is 16.1 Å². The number of likely N-dealkylation sites (tertiary alicyclic amines) is 1. The molecule has 2 aromatic heterocycles. The van der Waals surface area contributed by atoms with E-state index in [4.69, 9.17) is 9.72 Å². The summed E-state index contributed by atoms with van der Waals surface area (Å²) in [5, 5.41) is 5.31. The summed E-state index contributed by atoms with van der Waals surface area (Å²) in [4.78, 5) is 32.3. The molecule has 7 heteroatoms. The maximum absolute atomic E-state index is 13.7. The summed E-state index contributed by atoms with van der Waals surface area (Å²) in [6, 6.07) is 21.8. The molecule has 0 bridgehead atoms. The molecule has 172 valence electrons. The quantitative estimate of drug-likeness (QED) is 0.423. The number of pyridine rings is 1. The number of carbonyl (C=O) groups excluding carboxylic acids is 2. The van der Waals surface area contributed by atoms with Gasteiger partial charge in [0.05, 0.1) is 42.4 Å². The summed E-state index contributed by atoms with van der Waals surface area (Å²) in [5.74, 6) is -0.417. The van der Waals surface area contributed by atoms with Crippen molar-refractivity contribution in [3.05, 3.63) is 84.1 Å². The van der Waals surface area contributed by atoms with Crippen LogP contribution in [-0.4, -0.2) is 51.7 Å². The van der Waals surface area contributed by atoms with Gasteiger partial charge in [0.25, 0.3) is 5.91 Å². The highest BCUT2D eigenvalue weighted by atomic mass is 16.5. The van der Waals surface area contributed by atoms with E-state index in [9.17, 15) is 9.59 Å². The van der Waals surface area contributed by atoms with Crippen molar-refractivity contribution in [2.45, 2.75) is 19.4 Å². The first-order valence-corrected chi connectivity index (χ1v) is 11.5. The number of carbonyl (C=O) groups is 2. The van der Waals surface area contributed by atoms with Gasteiger partial charge in [-0.2, -0.15) is 5.10 Å². The molecular weight excluding hydrogens is 428 g/mol. The van der Waals surface area contributed by atoms with E-state index in [1.165, 1.54) is 7.11 Å². The van der Waals surface area contributed by atoms with E-state index in [1.807, 2.05) is 76.3 Å². The average Bonchev–Trinajstić information content (AvgIpc) is 3.31. The van der Waals surface area contributed by atoms with E-state index in [-0.39, 0.29) is 17.8 Å². The molecule has 0 aliphatic carbocycles. The molecule has 5 rings (SSSR count). The number of hydrogen-bond acceptors (Lipinski definition) is 5. The first-order valence-electron chi connectivity index (χ1n) is 11.5. The second-order valence-corrected chi connectivity index (χ2v) is 8.54. The molecule has 1 amide bonds.